The van der Waals surface area contributed by atoms with Crippen molar-refractivity contribution in [3.8, 4) is 17.1 Å². The summed E-state index contributed by atoms with van der Waals surface area (Å²) in [5.74, 6) is 0.458. The molecule has 0 aliphatic rings. The first-order chi connectivity index (χ1) is 15.7. The Morgan fingerprint density at radius 2 is 1.69 bits per heavy atom. The summed E-state index contributed by atoms with van der Waals surface area (Å²) in [6.45, 7) is 1.93. The molecule has 5 rings (SSSR count). The first-order valence-corrected chi connectivity index (χ1v) is 10.1. The zero-order chi connectivity index (χ0) is 21.9. The highest BCUT2D eigenvalue weighted by atomic mass is 16.1. The molecule has 0 spiro atoms. The van der Waals surface area contributed by atoms with Crippen LogP contribution in [-0.2, 0) is 0 Å². The maximum Gasteiger partial charge on any atom is 0.255 e. The normalized spacial score (nSPS) is 11.3. The topological polar surface area (TPSA) is 90.0 Å². The van der Waals surface area contributed by atoms with E-state index in [2.05, 4.69) is 20.6 Å². The maximum atomic E-state index is 12.4. The second-order valence-corrected chi connectivity index (χ2v) is 7.12. The number of nitrogens with zero attached hydrogens (tertiary/aromatic N) is 6. The largest absolute Gasteiger partial charge is 0.329 e. The number of nitrogens with one attached hydrogen (secondary N) is 1. The molecule has 2 aromatic carbocycles. The molecule has 3 aromatic heterocycles. The minimum Gasteiger partial charge on any atom is -0.329 e. The van der Waals surface area contributed by atoms with E-state index >= 15 is 0 Å². The monoisotopic (exact) mass is 421 g/mol. The van der Waals surface area contributed by atoms with Gasteiger partial charge in [-0.1, -0.05) is 48.5 Å². The molecule has 8 nitrogen and oxygen atoms in total. The molecule has 0 unspecified atom stereocenters. The third-order valence-electron chi connectivity index (χ3n) is 5.02. The highest BCUT2D eigenvalue weighted by molar-refractivity contribution is 5.95. The lowest BCUT2D eigenvalue weighted by molar-refractivity contribution is 0.0970. The smallest absolute Gasteiger partial charge is 0.255 e. The Morgan fingerprint density at radius 1 is 0.938 bits per heavy atom. The molecular formula is C24H19N7O. The molecule has 0 atom stereocenters. The van der Waals surface area contributed by atoms with Gasteiger partial charge in [0.15, 0.2) is 11.5 Å². The molecule has 0 aliphatic heterocycles. The fourth-order valence-corrected chi connectivity index (χ4v) is 3.48. The number of hydrogen-bond acceptors (Lipinski definition) is 5. The van der Waals surface area contributed by atoms with Crippen LogP contribution < -0.4 is 5.32 Å². The minimum absolute atomic E-state index is 0.173. The van der Waals surface area contributed by atoms with E-state index in [1.807, 2.05) is 73.7 Å². The Bertz CT molecular complexity index is 1420. The molecule has 5 aromatic rings. The molecule has 156 valence electrons. The summed E-state index contributed by atoms with van der Waals surface area (Å²) in [6.07, 6.45) is 5.06. The summed E-state index contributed by atoms with van der Waals surface area (Å²) in [4.78, 5) is 12.4. The van der Waals surface area contributed by atoms with Gasteiger partial charge in [-0.05, 0) is 37.3 Å². The van der Waals surface area contributed by atoms with E-state index in [4.69, 9.17) is 5.10 Å². The Morgan fingerprint density at radius 3 is 2.47 bits per heavy atom. The summed E-state index contributed by atoms with van der Waals surface area (Å²) in [5.41, 5.74) is 4.79. The molecule has 1 amide bonds. The van der Waals surface area contributed by atoms with Crippen molar-refractivity contribution in [1.82, 2.24) is 34.9 Å². The van der Waals surface area contributed by atoms with Gasteiger partial charge in [0.05, 0.1) is 11.4 Å². The van der Waals surface area contributed by atoms with E-state index in [0.29, 0.717) is 17.0 Å². The predicted molar refractivity (Wildman–Crippen MR) is 121 cm³/mol. The Balaban J connectivity index is 1.56. The van der Waals surface area contributed by atoms with E-state index in [0.717, 1.165) is 22.5 Å². The molecule has 0 saturated carbocycles. The molecule has 32 heavy (non-hydrogen) atoms. The quantitative estimate of drug-likeness (QED) is 0.467. The highest BCUT2D eigenvalue weighted by Gasteiger charge is 2.18. The van der Waals surface area contributed by atoms with Crippen LogP contribution in [0.5, 0.6) is 0 Å². The lowest BCUT2D eigenvalue weighted by atomic mass is 10.1. The van der Waals surface area contributed by atoms with Crippen LogP contribution in [0.2, 0.25) is 0 Å². The zero-order valence-electron chi connectivity index (χ0n) is 17.3. The molecule has 0 bridgehead atoms. The second-order valence-electron chi connectivity index (χ2n) is 7.12. The van der Waals surface area contributed by atoms with E-state index in [1.54, 1.807) is 33.9 Å². The van der Waals surface area contributed by atoms with E-state index in [9.17, 15) is 4.79 Å². The van der Waals surface area contributed by atoms with Crippen LogP contribution in [0.25, 0.3) is 28.8 Å². The van der Waals surface area contributed by atoms with Crippen LogP contribution in [-0.4, -0.2) is 35.5 Å². The van der Waals surface area contributed by atoms with Crippen molar-refractivity contribution in [3.05, 3.63) is 102 Å². The molecule has 0 fully saturated rings. The summed E-state index contributed by atoms with van der Waals surface area (Å²) in [5, 5.41) is 20.1. The first kappa shape index (κ1) is 19.4. The number of carbonyl (C=O) groups excluding carboxylic acids is 1. The van der Waals surface area contributed by atoms with Gasteiger partial charge in [-0.25, -0.2) is 4.68 Å². The Hall–Kier alpha value is -4.59. The number of aromatic nitrogens is 6. The number of amides is 1. The van der Waals surface area contributed by atoms with E-state index in [-0.39, 0.29) is 5.91 Å². The van der Waals surface area contributed by atoms with Crippen molar-refractivity contribution in [2.45, 2.75) is 6.92 Å². The van der Waals surface area contributed by atoms with Crippen LogP contribution in [0.4, 0.5) is 0 Å². The van der Waals surface area contributed by atoms with Crippen molar-refractivity contribution in [3.63, 3.8) is 0 Å². The van der Waals surface area contributed by atoms with Crippen LogP contribution in [0.1, 0.15) is 21.6 Å². The summed E-state index contributed by atoms with van der Waals surface area (Å²) < 4.78 is 3.40. The Kier molecular flexibility index (Phi) is 5.01. The summed E-state index contributed by atoms with van der Waals surface area (Å²) in [7, 11) is 0. The fraction of sp³-hybridized carbons (Fsp3) is 0.0417. The van der Waals surface area contributed by atoms with Gasteiger partial charge in [-0.3, -0.25) is 4.79 Å². The third-order valence-corrected chi connectivity index (χ3v) is 5.02. The van der Waals surface area contributed by atoms with Crippen LogP contribution in [0.15, 0.2) is 85.3 Å². The minimum atomic E-state index is -0.173. The van der Waals surface area contributed by atoms with Crippen molar-refractivity contribution in [2.75, 3.05) is 0 Å². The first-order valence-electron chi connectivity index (χ1n) is 10.1. The highest BCUT2D eigenvalue weighted by Crippen LogP contribution is 2.29. The lowest BCUT2D eigenvalue weighted by Crippen LogP contribution is -2.16. The van der Waals surface area contributed by atoms with E-state index < -0.39 is 0 Å². The van der Waals surface area contributed by atoms with Crippen molar-refractivity contribution >= 4 is 17.6 Å². The van der Waals surface area contributed by atoms with E-state index in [1.165, 1.54) is 0 Å². The SMILES string of the molecule is Cc1nn(-c2ccc3nncn3n2)c(-c2ccccc2)c1/C=C/NC(=O)c1ccccc1. The van der Waals surface area contributed by atoms with Gasteiger partial charge in [-0.2, -0.15) is 9.61 Å². The van der Waals surface area contributed by atoms with Gasteiger partial charge in [0.2, 0.25) is 0 Å². The fourth-order valence-electron chi connectivity index (χ4n) is 3.48. The number of rotatable bonds is 5. The summed E-state index contributed by atoms with van der Waals surface area (Å²) in [6, 6.07) is 22.7. The number of hydrogen-bond donors (Lipinski definition) is 1. The van der Waals surface area contributed by atoms with Gasteiger partial charge < -0.3 is 5.32 Å². The van der Waals surface area contributed by atoms with Gasteiger partial charge >= 0.3 is 0 Å². The van der Waals surface area contributed by atoms with Crippen molar-refractivity contribution < 1.29 is 4.79 Å². The molecule has 3 heterocycles. The molecule has 8 heteroatoms. The predicted octanol–water partition coefficient (Wildman–Crippen LogP) is 3.69. The maximum absolute atomic E-state index is 12.4. The summed E-state index contributed by atoms with van der Waals surface area (Å²) >= 11 is 0. The number of benzene rings is 2. The van der Waals surface area contributed by atoms with Crippen molar-refractivity contribution in [1.29, 1.82) is 0 Å². The zero-order valence-corrected chi connectivity index (χ0v) is 17.3. The average Bonchev–Trinajstić information content (AvgIpc) is 3.44. The van der Waals surface area contributed by atoms with Crippen LogP contribution in [0, 0.1) is 6.92 Å². The number of aryl methyl sites for hydroxylation is 1. The lowest BCUT2D eigenvalue weighted by Gasteiger charge is -2.08. The molecule has 0 saturated heterocycles. The second kappa shape index (κ2) is 8.27. The standard InChI is InChI=1S/C24H19N7O/c1-17-20(14-15-25-24(32)19-10-6-3-7-11-19)23(18-8-4-2-5-9-18)31(28-17)22-13-12-21-27-26-16-30(21)29-22/h2-16H,1H3,(H,25,32)/b15-14+. The van der Waals surface area contributed by atoms with Crippen LogP contribution >= 0.6 is 0 Å². The molecule has 0 radical (unpaired) electrons. The third kappa shape index (κ3) is 3.65. The molecular weight excluding hydrogens is 402 g/mol. The average molecular weight is 421 g/mol. The van der Waals surface area contributed by atoms with Gasteiger partial charge in [0.25, 0.3) is 5.91 Å². The van der Waals surface area contributed by atoms with Gasteiger partial charge in [0, 0.05) is 22.9 Å². The Labute approximate surface area is 183 Å². The molecule has 0 aliphatic carbocycles. The number of fused-ring (bicyclic) bond motifs is 1. The van der Waals surface area contributed by atoms with Gasteiger partial charge in [-0.15, -0.1) is 15.3 Å². The molecule has 1 N–H and O–H groups in total. The number of carbonyl (C=O) groups is 1. The van der Waals surface area contributed by atoms with Gasteiger partial charge in [0.1, 0.15) is 6.33 Å². The van der Waals surface area contributed by atoms with Crippen molar-refractivity contribution in [2.24, 2.45) is 0 Å². The van der Waals surface area contributed by atoms with Crippen LogP contribution in [0.3, 0.4) is 0 Å².